The lowest BCUT2D eigenvalue weighted by molar-refractivity contribution is 0.0651. The van der Waals surface area contributed by atoms with Crippen LogP contribution in [0.4, 0.5) is 0 Å². The molecule has 0 fully saturated rings. The van der Waals surface area contributed by atoms with E-state index in [-0.39, 0.29) is 11.5 Å². The maximum atomic E-state index is 11.1. The van der Waals surface area contributed by atoms with Crippen molar-refractivity contribution in [1.29, 1.82) is 0 Å². The Balaban J connectivity index is 2.13. The van der Waals surface area contributed by atoms with Crippen molar-refractivity contribution in [2.75, 3.05) is 0 Å². The van der Waals surface area contributed by atoms with Gasteiger partial charge in [0.15, 0.2) is 0 Å². The van der Waals surface area contributed by atoms with Crippen LogP contribution in [0.1, 0.15) is 41.4 Å². The average molecular weight is 394 g/mol. The first-order valence-corrected chi connectivity index (χ1v) is 7.60. The Hall–Kier alpha value is -3.73. The highest BCUT2D eigenvalue weighted by molar-refractivity contribution is 7.90. The lowest BCUT2D eigenvalue weighted by atomic mass is 10.1. The summed E-state index contributed by atoms with van der Waals surface area (Å²) in [6.07, 6.45) is 0. The molecule has 0 spiro atoms. The van der Waals surface area contributed by atoms with Crippen LogP contribution in [0.25, 0.3) is 0 Å². The quantitative estimate of drug-likeness (QED) is 0.485. The molecule has 0 atom stereocenters. The van der Waals surface area contributed by atoms with Gasteiger partial charge in [0.2, 0.25) is 0 Å². The molecule has 0 amide bonds. The van der Waals surface area contributed by atoms with Crippen LogP contribution in [-0.4, -0.2) is 44.3 Å². The van der Waals surface area contributed by atoms with Crippen molar-refractivity contribution in [2.45, 2.75) is 0 Å². The third-order valence-electron chi connectivity index (χ3n) is 3.16. The second kappa shape index (κ2) is 8.10. The van der Waals surface area contributed by atoms with Gasteiger partial charge in [0.1, 0.15) is 11.5 Å². The van der Waals surface area contributed by atoms with Gasteiger partial charge in [-0.25, -0.2) is 19.2 Å². The number of carbonyl (C=O) groups is 4. The third-order valence-corrected chi connectivity index (χ3v) is 3.69. The zero-order chi connectivity index (χ0) is 20.1. The molecule has 0 aliphatic rings. The van der Waals surface area contributed by atoms with Gasteiger partial charge in [-0.3, -0.25) is 0 Å². The molecule has 140 valence electrons. The van der Waals surface area contributed by atoms with E-state index < -0.39 is 46.1 Å². The first-order chi connectivity index (χ1) is 12.7. The van der Waals surface area contributed by atoms with Crippen molar-refractivity contribution >= 4 is 36.2 Å². The van der Waals surface area contributed by atoms with Crippen molar-refractivity contribution in [3.63, 3.8) is 0 Å². The van der Waals surface area contributed by atoms with Gasteiger partial charge in [0, 0.05) is 0 Å². The highest BCUT2D eigenvalue weighted by atomic mass is 32.2. The van der Waals surface area contributed by atoms with Crippen molar-refractivity contribution < 1.29 is 48.0 Å². The van der Waals surface area contributed by atoms with Crippen LogP contribution in [0.5, 0.6) is 11.5 Å². The number of aromatic carboxylic acids is 4. The standard InChI is InChI=1S/C16H10O10S/c17-13(18)9-3-1-7(5-11(9)15(21)22)25-27-26-8-2-4-10(14(19)20)12(6-8)16(23)24/h1-6H,(H,17,18)(H,19,20)(H,21,22)(H,23,24). The van der Waals surface area contributed by atoms with Crippen molar-refractivity contribution in [3.05, 3.63) is 58.7 Å². The highest BCUT2D eigenvalue weighted by Gasteiger charge is 2.18. The summed E-state index contributed by atoms with van der Waals surface area (Å²) in [4.78, 5) is 44.2. The van der Waals surface area contributed by atoms with E-state index in [1.165, 1.54) is 12.1 Å². The topological polar surface area (TPSA) is 168 Å². The normalized spacial score (nSPS) is 10.1. The predicted octanol–water partition coefficient (Wildman–Crippen LogP) is 2.50. The summed E-state index contributed by atoms with van der Waals surface area (Å²) in [7, 11) is 0. The molecule has 0 aliphatic carbocycles. The molecule has 2 rings (SSSR count). The number of hydrogen-bond donors (Lipinski definition) is 4. The summed E-state index contributed by atoms with van der Waals surface area (Å²) < 4.78 is 10.2. The molecule has 0 saturated heterocycles. The average Bonchev–Trinajstić information content (AvgIpc) is 2.61. The molecule has 0 aromatic heterocycles. The van der Waals surface area contributed by atoms with E-state index in [4.69, 9.17) is 28.8 Å². The molecule has 2 aromatic rings. The van der Waals surface area contributed by atoms with Crippen LogP contribution in [0.15, 0.2) is 36.4 Å². The van der Waals surface area contributed by atoms with Crippen LogP contribution in [-0.2, 0) is 0 Å². The fourth-order valence-corrected chi connectivity index (χ4v) is 2.37. The fourth-order valence-electron chi connectivity index (χ4n) is 1.97. The molecular formula is C16H10O10S. The zero-order valence-electron chi connectivity index (χ0n) is 13.1. The van der Waals surface area contributed by atoms with Crippen molar-refractivity contribution in [2.24, 2.45) is 0 Å². The second-order valence-corrected chi connectivity index (χ2v) is 5.34. The Morgan fingerprint density at radius 3 is 1.22 bits per heavy atom. The Bertz CT molecular complexity index is 861. The molecule has 0 radical (unpaired) electrons. The molecule has 10 nitrogen and oxygen atoms in total. The molecular weight excluding hydrogens is 384 g/mol. The number of carboxylic acid groups (broad SMARTS) is 4. The summed E-state index contributed by atoms with van der Waals surface area (Å²) >= 11 is 0.348. The van der Waals surface area contributed by atoms with Gasteiger partial charge in [-0.1, -0.05) is 0 Å². The van der Waals surface area contributed by atoms with E-state index in [0.717, 1.165) is 24.3 Å². The van der Waals surface area contributed by atoms with Gasteiger partial charge in [-0.2, -0.15) is 0 Å². The summed E-state index contributed by atoms with van der Waals surface area (Å²) in [6, 6.07) is 6.49. The molecule has 11 heteroatoms. The Labute approximate surface area is 155 Å². The van der Waals surface area contributed by atoms with Gasteiger partial charge in [-0.15, -0.1) is 0 Å². The fraction of sp³-hybridized carbons (Fsp3) is 0. The minimum Gasteiger partial charge on any atom is -0.478 e. The van der Waals surface area contributed by atoms with Crippen molar-refractivity contribution in [1.82, 2.24) is 0 Å². The van der Waals surface area contributed by atoms with E-state index in [1.54, 1.807) is 0 Å². The van der Waals surface area contributed by atoms with Gasteiger partial charge < -0.3 is 28.8 Å². The monoisotopic (exact) mass is 394 g/mol. The van der Waals surface area contributed by atoms with Crippen LogP contribution >= 0.6 is 12.3 Å². The van der Waals surface area contributed by atoms with Gasteiger partial charge in [0.25, 0.3) is 12.3 Å². The van der Waals surface area contributed by atoms with Gasteiger partial charge in [-0.05, 0) is 36.4 Å². The summed E-state index contributed by atoms with van der Waals surface area (Å²) in [5, 5.41) is 35.9. The minimum absolute atomic E-state index is 0.0250. The Kier molecular flexibility index (Phi) is 5.88. The first kappa shape index (κ1) is 19.6. The molecule has 0 aliphatic heterocycles. The lowest BCUT2D eigenvalue weighted by Gasteiger charge is -2.08. The third kappa shape index (κ3) is 4.67. The van der Waals surface area contributed by atoms with Crippen LogP contribution in [0.3, 0.4) is 0 Å². The number of hydrogen-bond acceptors (Lipinski definition) is 7. The van der Waals surface area contributed by atoms with Crippen molar-refractivity contribution in [3.8, 4) is 11.5 Å². The summed E-state index contributed by atoms with van der Waals surface area (Å²) in [5.74, 6) is -5.80. The van der Waals surface area contributed by atoms with E-state index >= 15 is 0 Å². The van der Waals surface area contributed by atoms with E-state index in [9.17, 15) is 19.2 Å². The molecule has 0 heterocycles. The smallest absolute Gasteiger partial charge is 0.336 e. The molecule has 4 N–H and O–H groups in total. The highest BCUT2D eigenvalue weighted by Crippen LogP contribution is 2.25. The maximum absolute atomic E-state index is 11.1. The Morgan fingerprint density at radius 2 is 0.926 bits per heavy atom. The SMILES string of the molecule is O=C(O)c1ccc(OSOc2ccc(C(=O)O)c(C(=O)O)c2)cc1C(=O)O. The van der Waals surface area contributed by atoms with Gasteiger partial charge >= 0.3 is 23.9 Å². The first-order valence-electron chi connectivity index (χ1n) is 6.93. The van der Waals surface area contributed by atoms with E-state index in [1.807, 2.05) is 0 Å². The zero-order valence-corrected chi connectivity index (χ0v) is 13.9. The molecule has 2 aromatic carbocycles. The maximum Gasteiger partial charge on any atom is 0.336 e. The molecule has 27 heavy (non-hydrogen) atoms. The predicted molar refractivity (Wildman–Crippen MR) is 89.6 cm³/mol. The lowest BCUT2D eigenvalue weighted by Crippen LogP contribution is -2.08. The Morgan fingerprint density at radius 1 is 0.593 bits per heavy atom. The van der Waals surface area contributed by atoms with Crippen LogP contribution in [0, 0.1) is 0 Å². The molecule has 0 saturated carbocycles. The number of rotatable bonds is 8. The van der Waals surface area contributed by atoms with Crippen LogP contribution in [0.2, 0.25) is 0 Å². The van der Waals surface area contributed by atoms with E-state index in [0.29, 0.717) is 12.3 Å². The van der Waals surface area contributed by atoms with Gasteiger partial charge in [0.05, 0.1) is 22.3 Å². The number of carboxylic acids is 4. The summed E-state index contributed by atoms with van der Waals surface area (Å²) in [6.45, 7) is 0. The number of benzene rings is 2. The minimum atomic E-state index is -1.46. The van der Waals surface area contributed by atoms with E-state index in [2.05, 4.69) is 0 Å². The molecule has 0 bridgehead atoms. The van der Waals surface area contributed by atoms with Crippen LogP contribution < -0.4 is 8.37 Å². The second-order valence-electron chi connectivity index (χ2n) is 4.87. The summed E-state index contributed by atoms with van der Waals surface area (Å²) in [5.41, 5.74) is -1.81. The largest absolute Gasteiger partial charge is 0.478 e. The molecule has 0 unspecified atom stereocenters.